The molecule has 23 heavy (non-hydrogen) atoms. The normalized spacial score (nSPS) is 10.8. The third-order valence-electron chi connectivity index (χ3n) is 3.33. The second-order valence-corrected chi connectivity index (χ2v) is 5.73. The Morgan fingerprint density at radius 1 is 1.09 bits per heavy atom. The standard InChI is InChI=1S/C19H15NO2S/c1-22-16-10-8-15(9-11-16)17-13-23-19(20-17)18(21)12-7-14-5-3-2-4-6-14/h2-13H,1H3. The van der Waals surface area contributed by atoms with Gasteiger partial charge in [0.1, 0.15) is 5.75 Å². The van der Waals surface area contributed by atoms with Crippen molar-refractivity contribution in [1.82, 2.24) is 4.98 Å². The number of allylic oxidation sites excluding steroid dienone is 1. The van der Waals surface area contributed by atoms with Gasteiger partial charge in [0.05, 0.1) is 12.8 Å². The summed E-state index contributed by atoms with van der Waals surface area (Å²) in [5.74, 6) is 0.713. The molecule has 2 aromatic carbocycles. The maximum absolute atomic E-state index is 12.2. The van der Waals surface area contributed by atoms with Gasteiger partial charge in [0.15, 0.2) is 5.01 Å². The molecule has 0 N–H and O–H groups in total. The van der Waals surface area contributed by atoms with Gasteiger partial charge < -0.3 is 4.74 Å². The van der Waals surface area contributed by atoms with Gasteiger partial charge >= 0.3 is 0 Å². The van der Waals surface area contributed by atoms with Crippen LogP contribution in [-0.2, 0) is 0 Å². The van der Waals surface area contributed by atoms with Gasteiger partial charge in [0.2, 0.25) is 5.78 Å². The highest BCUT2D eigenvalue weighted by Gasteiger charge is 2.09. The zero-order valence-corrected chi connectivity index (χ0v) is 13.4. The second kappa shape index (κ2) is 7.03. The van der Waals surface area contributed by atoms with Crippen LogP contribution in [0.15, 0.2) is 66.1 Å². The van der Waals surface area contributed by atoms with E-state index >= 15 is 0 Å². The van der Waals surface area contributed by atoms with E-state index in [9.17, 15) is 4.79 Å². The molecule has 0 saturated heterocycles. The van der Waals surface area contributed by atoms with Crippen LogP contribution >= 0.6 is 11.3 Å². The smallest absolute Gasteiger partial charge is 0.214 e. The summed E-state index contributed by atoms with van der Waals surface area (Å²) >= 11 is 1.35. The first-order valence-electron chi connectivity index (χ1n) is 7.13. The molecule has 1 aromatic heterocycles. The lowest BCUT2D eigenvalue weighted by Gasteiger charge is -2.00. The Balaban J connectivity index is 1.75. The summed E-state index contributed by atoms with van der Waals surface area (Å²) in [7, 11) is 1.63. The Hall–Kier alpha value is -2.72. The number of carbonyl (C=O) groups is 1. The molecule has 4 heteroatoms. The SMILES string of the molecule is COc1ccc(-c2csc(C(=O)C=Cc3ccccc3)n2)cc1. The van der Waals surface area contributed by atoms with E-state index in [2.05, 4.69) is 4.98 Å². The minimum Gasteiger partial charge on any atom is -0.497 e. The van der Waals surface area contributed by atoms with E-state index in [-0.39, 0.29) is 5.78 Å². The molecule has 0 radical (unpaired) electrons. The largest absolute Gasteiger partial charge is 0.497 e. The molecule has 0 saturated carbocycles. The fourth-order valence-electron chi connectivity index (χ4n) is 2.09. The molecule has 0 unspecified atom stereocenters. The molecule has 0 bridgehead atoms. The third kappa shape index (κ3) is 3.73. The molecule has 0 fully saturated rings. The first-order chi connectivity index (χ1) is 11.3. The highest BCUT2D eigenvalue weighted by atomic mass is 32.1. The third-order valence-corrected chi connectivity index (χ3v) is 4.18. The van der Waals surface area contributed by atoms with Gasteiger partial charge in [-0.3, -0.25) is 4.79 Å². The Kier molecular flexibility index (Phi) is 4.64. The fraction of sp³-hybridized carbons (Fsp3) is 0.0526. The van der Waals surface area contributed by atoms with Crippen molar-refractivity contribution in [3.05, 3.63) is 76.6 Å². The van der Waals surface area contributed by atoms with E-state index in [0.29, 0.717) is 5.01 Å². The van der Waals surface area contributed by atoms with Crippen molar-refractivity contribution < 1.29 is 9.53 Å². The number of ketones is 1. The number of hydrogen-bond donors (Lipinski definition) is 0. The van der Waals surface area contributed by atoms with E-state index in [1.165, 1.54) is 11.3 Å². The van der Waals surface area contributed by atoms with Crippen LogP contribution in [0.2, 0.25) is 0 Å². The lowest BCUT2D eigenvalue weighted by molar-refractivity contribution is 0.104. The number of aromatic nitrogens is 1. The summed E-state index contributed by atoms with van der Waals surface area (Å²) in [6, 6.07) is 17.4. The van der Waals surface area contributed by atoms with Gasteiger partial charge in [0.25, 0.3) is 0 Å². The zero-order chi connectivity index (χ0) is 16.1. The molecule has 1 heterocycles. The Morgan fingerprint density at radius 2 is 1.83 bits per heavy atom. The van der Waals surface area contributed by atoms with Crippen LogP contribution in [0.3, 0.4) is 0 Å². The minimum atomic E-state index is -0.0846. The van der Waals surface area contributed by atoms with Crippen LogP contribution < -0.4 is 4.74 Å². The minimum absolute atomic E-state index is 0.0846. The van der Waals surface area contributed by atoms with Crippen LogP contribution in [0.5, 0.6) is 5.75 Å². The average Bonchev–Trinajstić information content (AvgIpc) is 3.11. The first kappa shape index (κ1) is 15.2. The summed E-state index contributed by atoms with van der Waals surface area (Å²) in [6.45, 7) is 0. The quantitative estimate of drug-likeness (QED) is 0.504. The Labute approximate surface area is 138 Å². The van der Waals surface area contributed by atoms with Crippen LogP contribution in [0.25, 0.3) is 17.3 Å². The van der Waals surface area contributed by atoms with Crippen LogP contribution in [0.1, 0.15) is 15.4 Å². The molecule has 3 aromatic rings. The van der Waals surface area contributed by atoms with Crippen LogP contribution in [0.4, 0.5) is 0 Å². The van der Waals surface area contributed by atoms with Crippen LogP contribution in [0, 0.1) is 0 Å². The molecule has 0 atom stereocenters. The van der Waals surface area contributed by atoms with Gasteiger partial charge in [-0.25, -0.2) is 4.98 Å². The summed E-state index contributed by atoms with van der Waals surface area (Å²) in [6.07, 6.45) is 3.36. The van der Waals surface area contributed by atoms with Gasteiger partial charge in [-0.1, -0.05) is 36.4 Å². The molecular formula is C19H15NO2S. The molecular weight excluding hydrogens is 306 g/mol. The highest BCUT2D eigenvalue weighted by molar-refractivity contribution is 7.12. The van der Waals surface area contributed by atoms with Crippen molar-refractivity contribution in [3.63, 3.8) is 0 Å². The molecule has 0 aliphatic carbocycles. The number of nitrogens with zero attached hydrogens (tertiary/aromatic N) is 1. The average molecular weight is 321 g/mol. The fourth-order valence-corrected chi connectivity index (χ4v) is 2.84. The van der Waals surface area contributed by atoms with E-state index < -0.39 is 0 Å². The summed E-state index contributed by atoms with van der Waals surface area (Å²) in [5, 5.41) is 2.38. The maximum atomic E-state index is 12.2. The zero-order valence-electron chi connectivity index (χ0n) is 12.6. The lowest BCUT2D eigenvalue weighted by Crippen LogP contribution is -1.93. The van der Waals surface area contributed by atoms with Crippen molar-refractivity contribution in [2.75, 3.05) is 7.11 Å². The number of thiazole rings is 1. The number of hydrogen-bond acceptors (Lipinski definition) is 4. The summed E-state index contributed by atoms with van der Waals surface area (Å²) in [5.41, 5.74) is 2.76. The number of carbonyl (C=O) groups excluding carboxylic acids is 1. The van der Waals surface area contributed by atoms with Crippen molar-refractivity contribution in [3.8, 4) is 17.0 Å². The van der Waals surface area contributed by atoms with Crippen molar-refractivity contribution in [2.24, 2.45) is 0 Å². The molecule has 3 nitrogen and oxygen atoms in total. The summed E-state index contributed by atoms with van der Waals surface area (Å²) < 4.78 is 5.14. The Morgan fingerprint density at radius 3 is 2.52 bits per heavy atom. The van der Waals surface area contributed by atoms with Gasteiger partial charge in [-0.05, 0) is 35.9 Å². The number of rotatable bonds is 5. The lowest BCUT2D eigenvalue weighted by atomic mass is 10.1. The van der Waals surface area contributed by atoms with Crippen LogP contribution in [-0.4, -0.2) is 17.9 Å². The van der Waals surface area contributed by atoms with Gasteiger partial charge in [0, 0.05) is 10.9 Å². The van der Waals surface area contributed by atoms with E-state index in [1.54, 1.807) is 19.3 Å². The van der Waals surface area contributed by atoms with E-state index in [0.717, 1.165) is 22.6 Å². The topological polar surface area (TPSA) is 39.2 Å². The molecule has 0 amide bonds. The highest BCUT2D eigenvalue weighted by Crippen LogP contribution is 2.24. The monoisotopic (exact) mass is 321 g/mol. The van der Waals surface area contributed by atoms with Crippen molar-refractivity contribution >= 4 is 23.2 Å². The first-order valence-corrected chi connectivity index (χ1v) is 8.01. The molecule has 3 rings (SSSR count). The van der Waals surface area contributed by atoms with Gasteiger partial charge in [-0.2, -0.15) is 0 Å². The van der Waals surface area contributed by atoms with E-state index in [1.807, 2.05) is 60.0 Å². The Bertz CT molecular complexity index is 820. The van der Waals surface area contributed by atoms with Crippen molar-refractivity contribution in [1.29, 1.82) is 0 Å². The molecule has 0 aliphatic rings. The van der Waals surface area contributed by atoms with E-state index in [4.69, 9.17) is 4.74 Å². The summed E-state index contributed by atoms with van der Waals surface area (Å²) in [4.78, 5) is 16.6. The molecule has 0 aliphatic heterocycles. The predicted octanol–water partition coefficient (Wildman–Crippen LogP) is 4.71. The maximum Gasteiger partial charge on any atom is 0.214 e. The predicted molar refractivity (Wildman–Crippen MR) is 93.9 cm³/mol. The van der Waals surface area contributed by atoms with Gasteiger partial charge in [-0.15, -0.1) is 11.3 Å². The second-order valence-electron chi connectivity index (χ2n) is 4.87. The number of benzene rings is 2. The number of methoxy groups -OCH3 is 1. The van der Waals surface area contributed by atoms with Crippen molar-refractivity contribution in [2.45, 2.75) is 0 Å². The molecule has 0 spiro atoms. The molecule has 114 valence electrons. The number of ether oxygens (including phenoxy) is 1.